The summed E-state index contributed by atoms with van der Waals surface area (Å²) in [4.78, 5) is 4.12. The molecule has 0 aliphatic carbocycles. The number of rotatable bonds is 4. The van der Waals surface area contributed by atoms with E-state index >= 15 is 0 Å². The minimum absolute atomic E-state index is 0.00390. The van der Waals surface area contributed by atoms with Gasteiger partial charge in [0.1, 0.15) is 0 Å². The average molecular weight is 255 g/mol. The number of hydrogen-bond donors (Lipinski definition) is 2. The van der Waals surface area contributed by atoms with Crippen LogP contribution in [0.1, 0.15) is 48.1 Å². The molecule has 0 aliphatic heterocycles. The van der Waals surface area contributed by atoms with Gasteiger partial charge >= 0.3 is 0 Å². The van der Waals surface area contributed by atoms with E-state index in [1.54, 1.807) is 6.20 Å². The van der Waals surface area contributed by atoms with Gasteiger partial charge in [-0.25, -0.2) is 5.43 Å². The van der Waals surface area contributed by atoms with Crippen LogP contribution in [0.4, 0.5) is 0 Å². The van der Waals surface area contributed by atoms with Crippen LogP contribution < -0.4 is 11.3 Å². The predicted molar refractivity (Wildman–Crippen MR) is 78.7 cm³/mol. The predicted octanol–water partition coefficient (Wildman–Crippen LogP) is 3.07. The van der Waals surface area contributed by atoms with Gasteiger partial charge in [0, 0.05) is 12.4 Å². The summed E-state index contributed by atoms with van der Waals surface area (Å²) in [6.45, 7) is 6.44. The molecule has 0 spiro atoms. The molecule has 1 atom stereocenters. The number of benzene rings is 1. The Hall–Kier alpha value is -1.71. The number of nitrogens with two attached hydrogens (primary N) is 1. The second kappa shape index (κ2) is 5.95. The van der Waals surface area contributed by atoms with E-state index in [1.165, 1.54) is 11.1 Å². The van der Waals surface area contributed by atoms with Crippen LogP contribution in [0.3, 0.4) is 0 Å². The number of nitrogens with zero attached hydrogens (tertiary/aromatic N) is 1. The Morgan fingerprint density at radius 3 is 2.21 bits per heavy atom. The van der Waals surface area contributed by atoms with Gasteiger partial charge in [-0.2, -0.15) is 0 Å². The van der Waals surface area contributed by atoms with Gasteiger partial charge in [0.05, 0.1) is 6.04 Å². The van der Waals surface area contributed by atoms with Crippen LogP contribution in [0.15, 0.2) is 42.7 Å². The highest BCUT2D eigenvalue weighted by molar-refractivity contribution is 5.36. The number of aromatic nitrogens is 1. The van der Waals surface area contributed by atoms with E-state index in [1.807, 2.05) is 12.3 Å². The summed E-state index contributed by atoms with van der Waals surface area (Å²) in [5.41, 5.74) is 7.70. The first-order valence-corrected chi connectivity index (χ1v) is 6.60. The third-order valence-electron chi connectivity index (χ3n) is 3.48. The Morgan fingerprint density at radius 1 is 1.05 bits per heavy atom. The van der Waals surface area contributed by atoms with Crippen LogP contribution in [0.25, 0.3) is 0 Å². The van der Waals surface area contributed by atoms with Crippen molar-refractivity contribution in [1.29, 1.82) is 0 Å². The first-order valence-electron chi connectivity index (χ1n) is 6.60. The molecule has 0 bridgehead atoms. The van der Waals surface area contributed by atoms with Gasteiger partial charge in [-0.1, -0.05) is 38.1 Å². The van der Waals surface area contributed by atoms with Crippen LogP contribution in [0, 0.1) is 6.92 Å². The lowest BCUT2D eigenvalue weighted by Crippen LogP contribution is -2.29. The smallest absolute Gasteiger partial charge is 0.0713 e. The summed E-state index contributed by atoms with van der Waals surface area (Å²) >= 11 is 0. The number of hydrogen-bond acceptors (Lipinski definition) is 3. The van der Waals surface area contributed by atoms with Gasteiger partial charge in [-0.3, -0.25) is 10.8 Å². The molecule has 1 heterocycles. The maximum Gasteiger partial charge on any atom is 0.0713 e. The quantitative estimate of drug-likeness (QED) is 0.652. The highest BCUT2D eigenvalue weighted by Gasteiger charge is 2.14. The summed E-state index contributed by atoms with van der Waals surface area (Å²) in [5.74, 6) is 6.28. The molecule has 1 aromatic carbocycles. The maximum atomic E-state index is 5.73. The van der Waals surface area contributed by atoms with E-state index in [2.05, 4.69) is 55.4 Å². The summed E-state index contributed by atoms with van der Waals surface area (Å²) < 4.78 is 0. The molecule has 3 nitrogen and oxygen atoms in total. The van der Waals surface area contributed by atoms with E-state index in [0.717, 1.165) is 11.1 Å². The zero-order valence-corrected chi connectivity index (χ0v) is 11.7. The van der Waals surface area contributed by atoms with Crippen LogP contribution in [0.2, 0.25) is 0 Å². The van der Waals surface area contributed by atoms with Crippen LogP contribution in [-0.2, 0) is 0 Å². The molecular weight excluding hydrogens is 234 g/mol. The van der Waals surface area contributed by atoms with Crippen molar-refractivity contribution in [3.05, 3.63) is 65.0 Å². The third kappa shape index (κ3) is 3.00. The Balaban J connectivity index is 2.35. The number of hydrazine groups is 1. The van der Waals surface area contributed by atoms with Crippen LogP contribution in [-0.4, -0.2) is 4.98 Å². The molecule has 3 N–H and O–H groups in total. The zero-order valence-electron chi connectivity index (χ0n) is 11.7. The highest BCUT2D eigenvalue weighted by Crippen LogP contribution is 2.25. The van der Waals surface area contributed by atoms with Gasteiger partial charge in [0.2, 0.25) is 0 Å². The molecule has 0 fully saturated rings. The lowest BCUT2D eigenvalue weighted by molar-refractivity contribution is 0.632. The molecule has 0 saturated carbocycles. The van der Waals surface area contributed by atoms with Gasteiger partial charge in [-0.15, -0.1) is 0 Å². The van der Waals surface area contributed by atoms with E-state index in [4.69, 9.17) is 5.84 Å². The van der Waals surface area contributed by atoms with Gasteiger partial charge in [-0.05, 0) is 41.2 Å². The number of pyridine rings is 1. The topological polar surface area (TPSA) is 50.9 Å². The molecule has 1 aromatic heterocycles. The molecule has 2 rings (SSSR count). The lowest BCUT2D eigenvalue weighted by Gasteiger charge is -2.19. The fourth-order valence-corrected chi connectivity index (χ4v) is 2.25. The molecule has 100 valence electrons. The first-order chi connectivity index (χ1) is 9.13. The number of nitrogens with one attached hydrogen (secondary N) is 1. The van der Waals surface area contributed by atoms with E-state index in [0.29, 0.717) is 5.92 Å². The van der Waals surface area contributed by atoms with Crippen molar-refractivity contribution < 1.29 is 0 Å². The standard InChI is InChI=1S/C16H21N3/c1-11(2)13-4-6-14(7-5-13)16(19-17)15-8-9-18-10-12(15)3/h4-11,16,19H,17H2,1-3H3. The molecule has 0 saturated heterocycles. The minimum atomic E-state index is 0.00390. The lowest BCUT2D eigenvalue weighted by atomic mass is 9.94. The highest BCUT2D eigenvalue weighted by atomic mass is 15.2. The third-order valence-corrected chi connectivity index (χ3v) is 3.48. The zero-order chi connectivity index (χ0) is 13.8. The van der Waals surface area contributed by atoms with Crippen molar-refractivity contribution in [2.75, 3.05) is 0 Å². The summed E-state index contributed by atoms with van der Waals surface area (Å²) in [5, 5.41) is 0. The van der Waals surface area contributed by atoms with Crippen LogP contribution in [0.5, 0.6) is 0 Å². The van der Waals surface area contributed by atoms with Crippen molar-refractivity contribution >= 4 is 0 Å². The molecule has 0 amide bonds. The number of aryl methyl sites for hydroxylation is 1. The van der Waals surface area contributed by atoms with Gasteiger partial charge in [0.25, 0.3) is 0 Å². The summed E-state index contributed by atoms with van der Waals surface area (Å²) in [6.07, 6.45) is 3.66. The largest absolute Gasteiger partial charge is 0.271 e. The van der Waals surface area contributed by atoms with E-state index in [9.17, 15) is 0 Å². The van der Waals surface area contributed by atoms with E-state index < -0.39 is 0 Å². The van der Waals surface area contributed by atoms with Crippen LogP contribution >= 0.6 is 0 Å². The van der Waals surface area contributed by atoms with Crippen molar-refractivity contribution in [3.8, 4) is 0 Å². The Labute approximate surface area is 114 Å². The second-order valence-corrected chi connectivity index (χ2v) is 5.15. The summed E-state index contributed by atoms with van der Waals surface area (Å²) in [7, 11) is 0. The Kier molecular flexibility index (Phi) is 4.30. The first kappa shape index (κ1) is 13.7. The fourth-order valence-electron chi connectivity index (χ4n) is 2.25. The van der Waals surface area contributed by atoms with Gasteiger partial charge in [0.15, 0.2) is 0 Å². The van der Waals surface area contributed by atoms with Crippen molar-refractivity contribution in [3.63, 3.8) is 0 Å². The van der Waals surface area contributed by atoms with E-state index in [-0.39, 0.29) is 6.04 Å². The molecular formula is C16H21N3. The fraction of sp³-hybridized carbons (Fsp3) is 0.312. The normalized spacial score (nSPS) is 12.7. The monoisotopic (exact) mass is 255 g/mol. The second-order valence-electron chi connectivity index (χ2n) is 5.15. The molecule has 19 heavy (non-hydrogen) atoms. The Morgan fingerprint density at radius 2 is 1.68 bits per heavy atom. The minimum Gasteiger partial charge on any atom is -0.271 e. The molecule has 0 radical (unpaired) electrons. The van der Waals surface area contributed by atoms with Crippen molar-refractivity contribution in [2.45, 2.75) is 32.7 Å². The molecule has 2 aromatic rings. The SMILES string of the molecule is Cc1cnccc1C(NN)c1ccc(C(C)C)cc1. The summed E-state index contributed by atoms with van der Waals surface area (Å²) in [6, 6.07) is 10.6. The Bertz CT molecular complexity index is 532. The molecule has 3 heteroatoms. The van der Waals surface area contributed by atoms with Crippen molar-refractivity contribution in [1.82, 2.24) is 10.4 Å². The molecule has 1 unspecified atom stereocenters. The van der Waals surface area contributed by atoms with Gasteiger partial charge < -0.3 is 0 Å². The maximum absolute atomic E-state index is 5.73. The molecule has 0 aliphatic rings. The average Bonchev–Trinajstić information content (AvgIpc) is 2.42. The van der Waals surface area contributed by atoms with Crippen molar-refractivity contribution in [2.24, 2.45) is 5.84 Å².